The van der Waals surface area contributed by atoms with Crippen molar-refractivity contribution in [3.05, 3.63) is 54.1 Å². The van der Waals surface area contributed by atoms with Gasteiger partial charge in [0.2, 0.25) is 0 Å². The zero-order chi connectivity index (χ0) is 27.2. The van der Waals surface area contributed by atoms with Crippen molar-refractivity contribution >= 4 is 5.97 Å². The summed E-state index contributed by atoms with van der Waals surface area (Å²) in [5.74, 6) is 0.716. The Morgan fingerprint density at radius 3 is 2.29 bits per heavy atom. The lowest BCUT2D eigenvalue weighted by atomic mass is 9.73. The molecule has 1 aliphatic rings. The molecule has 1 N–H and O–H groups in total. The van der Waals surface area contributed by atoms with Crippen LogP contribution in [-0.4, -0.2) is 23.9 Å². The number of hydrogen-bond acceptors (Lipinski definition) is 2. The first-order valence-electron chi connectivity index (χ1n) is 15.2. The highest BCUT2D eigenvalue weighted by Crippen LogP contribution is 2.38. The van der Waals surface area contributed by atoms with Gasteiger partial charge in [0.25, 0.3) is 0 Å². The quantitative estimate of drug-likeness (QED) is 0.210. The maximum atomic E-state index is 13.8. The first-order valence-corrected chi connectivity index (χ1v) is 15.2. The van der Waals surface area contributed by atoms with Crippen LogP contribution >= 0.6 is 0 Å². The molecule has 0 bridgehead atoms. The fourth-order valence-electron chi connectivity index (χ4n) is 6.14. The Hall–Kier alpha value is -2.36. The molecule has 3 nitrogen and oxygen atoms in total. The third-order valence-electron chi connectivity index (χ3n) is 8.56. The second-order valence-electron chi connectivity index (χ2n) is 11.4. The molecule has 0 heterocycles. The van der Waals surface area contributed by atoms with Gasteiger partial charge < -0.3 is 9.84 Å². The molecular formula is C34H49FO3. The monoisotopic (exact) mass is 524 g/mol. The lowest BCUT2D eigenvalue weighted by Gasteiger charge is -2.33. The Morgan fingerprint density at radius 1 is 0.947 bits per heavy atom. The van der Waals surface area contributed by atoms with E-state index in [2.05, 4.69) is 62.4 Å². The Kier molecular flexibility index (Phi) is 13.2. The average molecular weight is 525 g/mol. The first kappa shape index (κ1) is 30.2. The molecule has 3 rings (SSSR count). The molecule has 2 aromatic rings. The molecule has 0 radical (unpaired) electrons. The number of carboxylic acids is 1. The minimum absolute atomic E-state index is 0.146. The highest BCUT2D eigenvalue weighted by Gasteiger charge is 2.30. The SMILES string of the molecule is CCCCCCCCCc1cc(OCC2CCC(C(CC)C[C@H](F)C(=O)O)CC2)ccc1-c1ccccc1. The number of halogens is 1. The van der Waals surface area contributed by atoms with Crippen LogP contribution in [0.2, 0.25) is 0 Å². The van der Waals surface area contributed by atoms with Gasteiger partial charge in [0.1, 0.15) is 5.75 Å². The smallest absolute Gasteiger partial charge is 0.338 e. The number of hydrogen-bond donors (Lipinski definition) is 1. The van der Waals surface area contributed by atoms with Crippen LogP contribution in [0, 0.1) is 17.8 Å². The Labute approximate surface area is 230 Å². The van der Waals surface area contributed by atoms with E-state index < -0.39 is 12.1 Å². The predicted molar refractivity (Wildman–Crippen MR) is 155 cm³/mol. The summed E-state index contributed by atoms with van der Waals surface area (Å²) in [7, 11) is 0. The molecule has 1 unspecified atom stereocenters. The number of aliphatic carboxylic acids is 1. The van der Waals surface area contributed by atoms with Crippen LogP contribution in [0.1, 0.15) is 103 Å². The molecule has 0 aliphatic heterocycles. The van der Waals surface area contributed by atoms with Crippen molar-refractivity contribution in [1.29, 1.82) is 0 Å². The van der Waals surface area contributed by atoms with Crippen LogP contribution in [0.5, 0.6) is 5.75 Å². The molecule has 0 amide bonds. The molecule has 1 saturated carbocycles. The molecule has 2 aromatic carbocycles. The predicted octanol–water partition coefficient (Wildman–Crippen LogP) is 9.67. The van der Waals surface area contributed by atoms with Crippen LogP contribution < -0.4 is 4.74 Å². The largest absolute Gasteiger partial charge is 0.493 e. The van der Waals surface area contributed by atoms with Crippen LogP contribution in [-0.2, 0) is 11.2 Å². The standard InChI is InChI=1S/C34H49FO3/c1-3-5-6-7-8-9-11-16-30-23-31(21-22-32(30)29-14-12-10-13-15-29)38-25-26-17-19-28(20-18-26)27(4-2)24-33(35)34(36)37/h10,12-15,21-23,26-28,33H,3-9,11,16-20,24-25H2,1-2H3,(H,36,37)/t26?,27?,28?,33-/m0/s1. The normalized spacial score (nSPS) is 19.1. The van der Waals surface area contributed by atoms with E-state index >= 15 is 0 Å². The molecule has 38 heavy (non-hydrogen) atoms. The highest BCUT2D eigenvalue weighted by atomic mass is 19.1. The minimum atomic E-state index is -1.74. The summed E-state index contributed by atoms with van der Waals surface area (Å²) in [6.45, 7) is 5.03. The number of alkyl halides is 1. The number of carboxylic acid groups (broad SMARTS) is 1. The van der Waals surface area contributed by atoms with Crippen LogP contribution in [0.4, 0.5) is 4.39 Å². The van der Waals surface area contributed by atoms with E-state index in [4.69, 9.17) is 9.84 Å². The van der Waals surface area contributed by atoms with E-state index in [1.807, 2.05) is 0 Å². The van der Waals surface area contributed by atoms with Crippen molar-refractivity contribution < 1.29 is 19.0 Å². The van der Waals surface area contributed by atoms with Crippen LogP contribution in [0.25, 0.3) is 11.1 Å². The van der Waals surface area contributed by atoms with Gasteiger partial charge in [-0.15, -0.1) is 0 Å². The van der Waals surface area contributed by atoms with Gasteiger partial charge in [0.15, 0.2) is 6.17 Å². The number of rotatable bonds is 17. The molecule has 0 spiro atoms. The molecule has 4 heteroatoms. The highest BCUT2D eigenvalue weighted by molar-refractivity contribution is 5.72. The van der Waals surface area contributed by atoms with Crippen LogP contribution in [0.3, 0.4) is 0 Å². The summed E-state index contributed by atoms with van der Waals surface area (Å²) in [4.78, 5) is 11.0. The molecule has 210 valence electrons. The Morgan fingerprint density at radius 2 is 1.63 bits per heavy atom. The van der Waals surface area contributed by atoms with E-state index in [-0.39, 0.29) is 12.3 Å². The summed E-state index contributed by atoms with van der Waals surface area (Å²) >= 11 is 0. The van der Waals surface area contributed by atoms with Gasteiger partial charge in [-0.2, -0.15) is 0 Å². The number of ether oxygens (including phenoxy) is 1. The van der Waals surface area contributed by atoms with E-state index in [9.17, 15) is 9.18 Å². The lowest BCUT2D eigenvalue weighted by Crippen LogP contribution is -2.28. The van der Waals surface area contributed by atoms with E-state index in [0.717, 1.165) is 44.3 Å². The number of carbonyl (C=O) groups is 1. The second-order valence-corrected chi connectivity index (χ2v) is 11.4. The van der Waals surface area contributed by atoms with Crippen molar-refractivity contribution in [2.75, 3.05) is 6.61 Å². The van der Waals surface area contributed by atoms with Crippen molar-refractivity contribution in [2.24, 2.45) is 17.8 Å². The molecule has 2 atom stereocenters. The van der Waals surface area contributed by atoms with Gasteiger partial charge in [-0.1, -0.05) is 95.2 Å². The fourth-order valence-corrected chi connectivity index (χ4v) is 6.14. The van der Waals surface area contributed by atoms with Gasteiger partial charge in [-0.05, 0) is 91.5 Å². The average Bonchev–Trinajstić information content (AvgIpc) is 2.95. The molecular weight excluding hydrogens is 475 g/mol. The summed E-state index contributed by atoms with van der Waals surface area (Å²) in [6, 6.07) is 17.2. The fraction of sp³-hybridized carbons (Fsp3) is 0.618. The maximum absolute atomic E-state index is 13.8. The van der Waals surface area contributed by atoms with Crippen molar-refractivity contribution in [3.8, 4) is 16.9 Å². The van der Waals surface area contributed by atoms with Crippen molar-refractivity contribution in [2.45, 2.75) is 110 Å². The minimum Gasteiger partial charge on any atom is -0.493 e. The number of benzene rings is 2. The van der Waals surface area contributed by atoms with Gasteiger partial charge in [0, 0.05) is 0 Å². The topological polar surface area (TPSA) is 46.5 Å². The van der Waals surface area contributed by atoms with Crippen molar-refractivity contribution in [3.63, 3.8) is 0 Å². The third-order valence-corrected chi connectivity index (χ3v) is 8.56. The zero-order valence-corrected chi connectivity index (χ0v) is 23.7. The van der Waals surface area contributed by atoms with Gasteiger partial charge in [0.05, 0.1) is 6.61 Å². The van der Waals surface area contributed by atoms with Gasteiger partial charge in [-0.3, -0.25) is 0 Å². The van der Waals surface area contributed by atoms with Crippen LogP contribution in [0.15, 0.2) is 48.5 Å². The molecule has 0 saturated heterocycles. The van der Waals surface area contributed by atoms with Gasteiger partial charge in [-0.25, -0.2) is 9.18 Å². The summed E-state index contributed by atoms with van der Waals surface area (Å²) in [5.41, 5.74) is 3.94. The van der Waals surface area contributed by atoms with E-state index in [1.165, 1.54) is 61.6 Å². The summed E-state index contributed by atoms with van der Waals surface area (Å²) in [6.07, 6.45) is 13.7. The summed E-state index contributed by atoms with van der Waals surface area (Å²) < 4.78 is 20.1. The molecule has 1 aliphatic carbocycles. The number of aryl methyl sites for hydroxylation is 1. The lowest BCUT2D eigenvalue weighted by molar-refractivity contribution is -0.143. The van der Waals surface area contributed by atoms with E-state index in [0.29, 0.717) is 18.4 Å². The molecule has 1 fully saturated rings. The van der Waals surface area contributed by atoms with Gasteiger partial charge >= 0.3 is 5.97 Å². The second kappa shape index (κ2) is 16.6. The Balaban J connectivity index is 1.53. The first-order chi connectivity index (χ1) is 18.5. The number of unbranched alkanes of at least 4 members (excludes halogenated alkanes) is 6. The van der Waals surface area contributed by atoms with E-state index in [1.54, 1.807) is 0 Å². The Bertz CT molecular complexity index is 936. The molecule has 0 aromatic heterocycles. The summed E-state index contributed by atoms with van der Waals surface area (Å²) in [5, 5.41) is 8.95. The third kappa shape index (κ3) is 9.75. The zero-order valence-electron chi connectivity index (χ0n) is 23.7. The van der Waals surface area contributed by atoms with Crippen molar-refractivity contribution in [1.82, 2.24) is 0 Å². The maximum Gasteiger partial charge on any atom is 0.338 e.